The molecule has 0 bridgehead atoms. The van der Waals surface area contributed by atoms with Crippen LogP contribution in [0.3, 0.4) is 0 Å². The molecular weight excluding hydrogens is 224 g/mol. The smallest absolute Gasteiger partial charge is 0.145 e. The highest BCUT2D eigenvalue weighted by Gasteiger charge is 2.15. The molecule has 0 radical (unpaired) electrons. The van der Waals surface area contributed by atoms with E-state index in [2.05, 4.69) is 26.0 Å². The largest absolute Gasteiger partial charge is 0.298 e. The van der Waals surface area contributed by atoms with Gasteiger partial charge in [0.1, 0.15) is 12.6 Å². The normalized spacial score (nSPS) is 16.2. The van der Waals surface area contributed by atoms with Crippen molar-refractivity contribution in [3.05, 3.63) is 23.3 Å². The standard InChI is InChI=1S/C16H26O2/c1-5-13(11-17)9-15(7-3)16(8-4)10-14(6-2)12-18/h9-12,15-16H,5-8H2,1-4H3/b13-9+,14-10+. The number of rotatable bonds is 9. The van der Waals surface area contributed by atoms with Crippen LogP contribution in [0.5, 0.6) is 0 Å². The van der Waals surface area contributed by atoms with Crippen LogP contribution in [0.15, 0.2) is 23.3 Å². The first-order chi connectivity index (χ1) is 8.66. The molecule has 0 saturated heterocycles. The highest BCUT2D eigenvalue weighted by molar-refractivity contribution is 5.73. The van der Waals surface area contributed by atoms with Crippen LogP contribution in [0.25, 0.3) is 0 Å². The molecule has 0 heterocycles. The van der Waals surface area contributed by atoms with Crippen molar-refractivity contribution < 1.29 is 9.59 Å². The Kier molecular flexibility index (Phi) is 9.17. The molecule has 0 aromatic heterocycles. The van der Waals surface area contributed by atoms with Crippen LogP contribution in [0.4, 0.5) is 0 Å². The van der Waals surface area contributed by atoms with Crippen molar-refractivity contribution in [3.8, 4) is 0 Å². The predicted octanol–water partition coefficient (Wildman–Crippen LogP) is 4.11. The zero-order chi connectivity index (χ0) is 14.0. The minimum atomic E-state index is 0.344. The van der Waals surface area contributed by atoms with Crippen LogP contribution in [0.2, 0.25) is 0 Å². The van der Waals surface area contributed by atoms with Gasteiger partial charge in [-0.3, -0.25) is 9.59 Å². The summed E-state index contributed by atoms with van der Waals surface area (Å²) < 4.78 is 0. The third-order valence-electron chi connectivity index (χ3n) is 3.47. The molecular formula is C16H26O2. The SMILES string of the molecule is CC/C(C=O)=C\C(CC)C(/C=C(/C=O)CC)CC. The minimum absolute atomic E-state index is 0.344. The first-order valence-electron chi connectivity index (χ1n) is 6.98. The summed E-state index contributed by atoms with van der Waals surface area (Å²) in [6.45, 7) is 8.24. The molecule has 0 aliphatic heterocycles. The monoisotopic (exact) mass is 250 g/mol. The molecule has 0 aliphatic carbocycles. The fourth-order valence-corrected chi connectivity index (χ4v) is 2.12. The maximum atomic E-state index is 10.9. The first-order valence-corrected chi connectivity index (χ1v) is 6.98. The molecule has 0 rings (SSSR count). The lowest BCUT2D eigenvalue weighted by molar-refractivity contribution is -0.105. The van der Waals surface area contributed by atoms with E-state index in [9.17, 15) is 9.59 Å². The Hall–Kier alpha value is -1.18. The summed E-state index contributed by atoms with van der Waals surface area (Å²) in [5.41, 5.74) is 1.72. The molecule has 2 heteroatoms. The summed E-state index contributed by atoms with van der Waals surface area (Å²) >= 11 is 0. The van der Waals surface area contributed by atoms with Gasteiger partial charge in [0.15, 0.2) is 0 Å². The van der Waals surface area contributed by atoms with Crippen LogP contribution in [-0.2, 0) is 9.59 Å². The lowest BCUT2D eigenvalue weighted by Crippen LogP contribution is -2.11. The van der Waals surface area contributed by atoms with E-state index >= 15 is 0 Å². The fraction of sp³-hybridized carbons (Fsp3) is 0.625. The van der Waals surface area contributed by atoms with E-state index in [1.165, 1.54) is 0 Å². The zero-order valence-corrected chi connectivity index (χ0v) is 12.1. The maximum Gasteiger partial charge on any atom is 0.145 e. The summed E-state index contributed by atoms with van der Waals surface area (Å²) in [6, 6.07) is 0. The van der Waals surface area contributed by atoms with E-state index in [0.29, 0.717) is 11.8 Å². The molecule has 18 heavy (non-hydrogen) atoms. The van der Waals surface area contributed by atoms with E-state index in [0.717, 1.165) is 49.4 Å². The molecule has 102 valence electrons. The molecule has 0 aromatic rings. The number of hydrogen-bond donors (Lipinski definition) is 0. The second-order valence-electron chi connectivity index (χ2n) is 4.57. The first kappa shape index (κ1) is 16.8. The van der Waals surface area contributed by atoms with Crippen LogP contribution in [0, 0.1) is 11.8 Å². The van der Waals surface area contributed by atoms with Crippen molar-refractivity contribution >= 4 is 12.6 Å². The van der Waals surface area contributed by atoms with Crippen molar-refractivity contribution in [1.29, 1.82) is 0 Å². The Morgan fingerprint density at radius 1 is 0.778 bits per heavy atom. The van der Waals surface area contributed by atoms with Gasteiger partial charge in [-0.15, -0.1) is 0 Å². The van der Waals surface area contributed by atoms with Crippen LogP contribution >= 0.6 is 0 Å². The molecule has 0 saturated carbocycles. The van der Waals surface area contributed by atoms with Gasteiger partial charge in [0.25, 0.3) is 0 Å². The summed E-state index contributed by atoms with van der Waals surface area (Å²) in [5.74, 6) is 0.688. The Balaban J connectivity index is 5.09. The van der Waals surface area contributed by atoms with Gasteiger partial charge < -0.3 is 0 Å². The quantitative estimate of drug-likeness (QED) is 0.456. The minimum Gasteiger partial charge on any atom is -0.298 e. The topological polar surface area (TPSA) is 34.1 Å². The van der Waals surface area contributed by atoms with Gasteiger partial charge in [0, 0.05) is 0 Å². The highest BCUT2D eigenvalue weighted by Crippen LogP contribution is 2.25. The third-order valence-corrected chi connectivity index (χ3v) is 3.47. The van der Waals surface area contributed by atoms with Gasteiger partial charge in [0.2, 0.25) is 0 Å². The average molecular weight is 250 g/mol. The maximum absolute atomic E-state index is 10.9. The van der Waals surface area contributed by atoms with Gasteiger partial charge >= 0.3 is 0 Å². The van der Waals surface area contributed by atoms with Crippen LogP contribution in [-0.4, -0.2) is 12.6 Å². The number of carbonyl (C=O) groups excluding carboxylic acids is 2. The average Bonchev–Trinajstić information content (AvgIpc) is 2.43. The summed E-state index contributed by atoms with van der Waals surface area (Å²) in [6.07, 6.45) is 9.57. The Bertz CT molecular complexity index is 281. The summed E-state index contributed by atoms with van der Waals surface area (Å²) in [4.78, 5) is 21.8. The molecule has 2 atom stereocenters. The lowest BCUT2D eigenvalue weighted by atomic mass is 9.84. The number of aldehydes is 2. The Labute approximate surface area is 111 Å². The van der Waals surface area contributed by atoms with Gasteiger partial charge in [-0.1, -0.05) is 39.8 Å². The van der Waals surface area contributed by atoms with Crippen molar-refractivity contribution in [1.82, 2.24) is 0 Å². The van der Waals surface area contributed by atoms with E-state index in [1.807, 2.05) is 13.8 Å². The van der Waals surface area contributed by atoms with E-state index in [-0.39, 0.29) is 0 Å². The zero-order valence-electron chi connectivity index (χ0n) is 12.1. The highest BCUT2D eigenvalue weighted by atomic mass is 16.1. The van der Waals surface area contributed by atoms with Crippen LogP contribution in [0.1, 0.15) is 53.4 Å². The van der Waals surface area contributed by atoms with Crippen LogP contribution < -0.4 is 0 Å². The Morgan fingerprint density at radius 3 is 1.28 bits per heavy atom. The summed E-state index contributed by atoms with van der Waals surface area (Å²) in [5, 5.41) is 0. The number of carbonyl (C=O) groups is 2. The van der Waals surface area contributed by atoms with Gasteiger partial charge in [0.05, 0.1) is 0 Å². The molecule has 0 spiro atoms. The molecule has 0 aromatic carbocycles. The molecule has 0 aliphatic rings. The number of allylic oxidation sites excluding steroid dienone is 4. The Morgan fingerprint density at radius 2 is 1.11 bits per heavy atom. The van der Waals surface area contributed by atoms with Crippen molar-refractivity contribution in [2.75, 3.05) is 0 Å². The van der Waals surface area contributed by atoms with Gasteiger partial charge in [-0.25, -0.2) is 0 Å². The van der Waals surface area contributed by atoms with E-state index in [1.54, 1.807) is 0 Å². The van der Waals surface area contributed by atoms with Gasteiger partial charge in [-0.05, 0) is 48.7 Å². The second-order valence-corrected chi connectivity index (χ2v) is 4.57. The third kappa shape index (κ3) is 5.44. The fourth-order valence-electron chi connectivity index (χ4n) is 2.12. The van der Waals surface area contributed by atoms with Crippen molar-refractivity contribution in [2.45, 2.75) is 53.4 Å². The molecule has 2 nitrogen and oxygen atoms in total. The molecule has 0 fully saturated rings. The second kappa shape index (κ2) is 9.81. The van der Waals surface area contributed by atoms with E-state index < -0.39 is 0 Å². The summed E-state index contributed by atoms with van der Waals surface area (Å²) in [7, 11) is 0. The molecule has 0 amide bonds. The van der Waals surface area contributed by atoms with Crippen molar-refractivity contribution in [3.63, 3.8) is 0 Å². The lowest BCUT2D eigenvalue weighted by Gasteiger charge is -2.20. The van der Waals surface area contributed by atoms with Crippen molar-refractivity contribution in [2.24, 2.45) is 11.8 Å². The van der Waals surface area contributed by atoms with E-state index in [4.69, 9.17) is 0 Å². The van der Waals surface area contributed by atoms with Gasteiger partial charge in [-0.2, -0.15) is 0 Å². The molecule has 2 unspecified atom stereocenters. The predicted molar refractivity (Wildman–Crippen MR) is 76.4 cm³/mol. The molecule has 0 N–H and O–H groups in total. The number of hydrogen-bond acceptors (Lipinski definition) is 2.